The molecule has 0 aromatic heterocycles. The number of sulfonamides is 1. The molecule has 2 unspecified atom stereocenters. The van der Waals surface area contributed by atoms with Crippen molar-refractivity contribution in [2.75, 3.05) is 22.8 Å². The Kier molecular flexibility index (Phi) is 4.59. The van der Waals surface area contributed by atoms with E-state index in [0.29, 0.717) is 41.7 Å². The molecule has 2 aromatic rings. The molecule has 0 spiro atoms. The summed E-state index contributed by atoms with van der Waals surface area (Å²) in [6.07, 6.45) is 1.98. The lowest BCUT2D eigenvalue weighted by Crippen LogP contribution is -2.42. The molecule has 1 aliphatic heterocycles. The normalized spacial score (nSPS) is 24.3. The van der Waals surface area contributed by atoms with Crippen LogP contribution in [0.25, 0.3) is 0 Å². The number of carbonyl (C=O) groups is 1. The molecule has 0 radical (unpaired) electrons. The highest BCUT2D eigenvalue weighted by atomic mass is 35.5. The lowest BCUT2D eigenvalue weighted by Gasteiger charge is -2.23. The molecule has 146 valence electrons. The molecule has 2 fully saturated rings. The predicted octanol–water partition coefficient (Wildman–Crippen LogP) is 3.45. The van der Waals surface area contributed by atoms with Gasteiger partial charge in [-0.3, -0.25) is 9.10 Å². The van der Waals surface area contributed by atoms with E-state index in [1.807, 2.05) is 0 Å². The average molecular weight is 419 g/mol. The fourth-order valence-electron chi connectivity index (χ4n) is 3.60. The molecule has 2 aliphatic rings. The predicted molar refractivity (Wildman–Crippen MR) is 109 cm³/mol. The van der Waals surface area contributed by atoms with Crippen molar-refractivity contribution in [3.8, 4) is 5.75 Å². The van der Waals surface area contributed by atoms with Gasteiger partial charge in [0.05, 0.1) is 5.69 Å². The van der Waals surface area contributed by atoms with Crippen molar-refractivity contribution in [2.45, 2.75) is 11.2 Å². The Morgan fingerprint density at radius 3 is 2.57 bits per heavy atom. The van der Waals surface area contributed by atoms with E-state index in [1.54, 1.807) is 54.6 Å². The minimum Gasteiger partial charge on any atom is -0.490 e. The highest BCUT2D eigenvalue weighted by Crippen LogP contribution is 2.58. The second-order valence-electron chi connectivity index (χ2n) is 6.88. The molecule has 1 N–H and O–H groups in total. The summed E-state index contributed by atoms with van der Waals surface area (Å²) in [5.41, 5.74) is 1.05. The number of ether oxygens (including phenoxy) is 1. The summed E-state index contributed by atoms with van der Waals surface area (Å²) in [6, 6.07) is 13.4. The van der Waals surface area contributed by atoms with Crippen molar-refractivity contribution in [1.82, 2.24) is 0 Å². The molecular weight excluding hydrogens is 400 g/mol. The van der Waals surface area contributed by atoms with Crippen LogP contribution in [-0.2, 0) is 14.8 Å². The van der Waals surface area contributed by atoms with E-state index in [9.17, 15) is 13.2 Å². The fourth-order valence-corrected chi connectivity index (χ4v) is 6.09. The molecule has 8 heteroatoms. The van der Waals surface area contributed by atoms with Gasteiger partial charge in [0, 0.05) is 23.2 Å². The van der Waals surface area contributed by atoms with E-state index < -0.39 is 20.7 Å². The molecule has 2 atom stereocenters. The van der Waals surface area contributed by atoms with Gasteiger partial charge >= 0.3 is 0 Å². The highest BCUT2D eigenvalue weighted by molar-refractivity contribution is 7.95. The number of halogens is 1. The van der Waals surface area contributed by atoms with Crippen molar-refractivity contribution in [2.24, 2.45) is 5.92 Å². The van der Waals surface area contributed by atoms with Gasteiger partial charge in [0.15, 0.2) is 4.75 Å². The van der Waals surface area contributed by atoms with Crippen LogP contribution in [0.5, 0.6) is 5.75 Å². The summed E-state index contributed by atoms with van der Waals surface area (Å²) in [5, 5.41) is 3.27. The number of hydrogen-bond donors (Lipinski definition) is 1. The Morgan fingerprint density at radius 2 is 1.93 bits per heavy atom. The van der Waals surface area contributed by atoms with Crippen LogP contribution in [0, 0.1) is 5.92 Å². The molecule has 1 aliphatic carbocycles. The molecule has 4 rings (SSSR count). The first-order valence-electron chi connectivity index (χ1n) is 8.81. The number of nitrogens with one attached hydrogen (secondary N) is 1. The maximum absolute atomic E-state index is 13.1. The maximum atomic E-state index is 13.1. The van der Waals surface area contributed by atoms with Gasteiger partial charge < -0.3 is 10.1 Å². The third-order valence-electron chi connectivity index (χ3n) is 5.16. The lowest BCUT2D eigenvalue weighted by molar-refractivity contribution is -0.116. The van der Waals surface area contributed by atoms with Crippen LogP contribution in [-0.4, -0.2) is 32.2 Å². The Morgan fingerprint density at radius 1 is 1.25 bits per heavy atom. The van der Waals surface area contributed by atoms with E-state index in [4.69, 9.17) is 16.3 Å². The maximum Gasteiger partial charge on any atom is 0.250 e. The number of anilines is 2. The fraction of sp³-hybridized carbons (Fsp3) is 0.250. The first kappa shape index (κ1) is 18.8. The minimum absolute atomic E-state index is 0.219. The van der Waals surface area contributed by atoms with Crippen LogP contribution in [0.4, 0.5) is 11.4 Å². The third-order valence-corrected chi connectivity index (χ3v) is 7.96. The Bertz CT molecular complexity index is 1020. The zero-order chi connectivity index (χ0) is 19.9. The average Bonchev–Trinajstić information content (AvgIpc) is 3.37. The second-order valence-corrected chi connectivity index (χ2v) is 9.44. The number of fused-ring (bicyclic) bond motifs is 1. The molecular formula is C20H19ClN2O4S. The summed E-state index contributed by atoms with van der Waals surface area (Å²) in [4.78, 5) is 12.9. The van der Waals surface area contributed by atoms with Crippen molar-refractivity contribution in [3.05, 3.63) is 66.2 Å². The molecule has 2 aromatic carbocycles. The Hall–Kier alpha value is -2.51. The van der Waals surface area contributed by atoms with Crippen LogP contribution >= 0.6 is 11.6 Å². The van der Waals surface area contributed by atoms with E-state index in [-0.39, 0.29) is 5.92 Å². The smallest absolute Gasteiger partial charge is 0.250 e. The summed E-state index contributed by atoms with van der Waals surface area (Å²) in [5.74, 6) is -0.0696. The van der Waals surface area contributed by atoms with Crippen LogP contribution in [0.3, 0.4) is 0 Å². The van der Waals surface area contributed by atoms with Crippen LogP contribution < -0.4 is 14.4 Å². The Labute approximate surface area is 168 Å². The van der Waals surface area contributed by atoms with E-state index >= 15 is 0 Å². The molecule has 1 heterocycles. The van der Waals surface area contributed by atoms with E-state index in [2.05, 4.69) is 11.9 Å². The van der Waals surface area contributed by atoms with Crippen molar-refractivity contribution >= 4 is 38.9 Å². The quantitative estimate of drug-likeness (QED) is 0.729. The summed E-state index contributed by atoms with van der Waals surface area (Å²) < 4.78 is 31.6. The van der Waals surface area contributed by atoms with Crippen LogP contribution in [0.2, 0.25) is 5.02 Å². The molecule has 28 heavy (non-hydrogen) atoms. The van der Waals surface area contributed by atoms with Gasteiger partial charge in [-0.05, 0) is 55.0 Å². The van der Waals surface area contributed by atoms with Gasteiger partial charge in [-0.15, -0.1) is 0 Å². The van der Waals surface area contributed by atoms with Gasteiger partial charge in [-0.25, -0.2) is 8.42 Å². The van der Waals surface area contributed by atoms with E-state index in [0.717, 1.165) is 0 Å². The largest absolute Gasteiger partial charge is 0.490 e. The lowest BCUT2D eigenvalue weighted by atomic mass is 10.2. The second kappa shape index (κ2) is 6.83. The monoisotopic (exact) mass is 418 g/mol. The highest BCUT2D eigenvalue weighted by Gasteiger charge is 2.75. The summed E-state index contributed by atoms with van der Waals surface area (Å²) in [6.45, 7) is 4.27. The van der Waals surface area contributed by atoms with Gasteiger partial charge in [0.2, 0.25) is 15.9 Å². The molecule has 0 bridgehead atoms. The standard InChI is InChI=1S/C20H19ClN2O4S/c1-2-11-27-18-9-5-16(6-10-18)22-19(24)20-12-14(20)13-23(28(20,25)26)17-7-3-15(21)4-8-17/h2-10,14H,1,11-13H2,(H,22,24). The molecule has 1 amide bonds. The zero-order valence-electron chi connectivity index (χ0n) is 15.0. The number of nitrogens with zero attached hydrogens (tertiary/aromatic N) is 1. The van der Waals surface area contributed by atoms with Crippen molar-refractivity contribution in [1.29, 1.82) is 0 Å². The number of rotatable bonds is 6. The van der Waals surface area contributed by atoms with Crippen LogP contribution in [0.15, 0.2) is 61.2 Å². The van der Waals surface area contributed by atoms with E-state index in [1.165, 1.54) is 4.31 Å². The zero-order valence-corrected chi connectivity index (χ0v) is 16.5. The Balaban J connectivity index is 1.52. The number of carbonyl (C=O) groups excluding carboxylic acids is 1. The molecule has 1 saturated heterocycles. The molecule has 1 saturated carbocycles. The minimum atomic E-state index is -3.82. The summed E-state index contributed by atoms with van der Waals surface area (Å²) >= 11 is 5.89. The third kappa shape index (κ3) is 2.95. The SMILES string of the molecule is C=CCOc1ccc(NC(=O)C23CC2CN(c2ccc(Cl)cc2)S3(=O)=O)cc1. The first-order chi connectivity index (χ1) is 13.4. The van der Waals surface area contributed by atoms with Gasteiger partial charge in [0.1, 0.15) is 12.4 Å². The van der Waals surface area contributed by atoms with Crippen molar-refractivity contribution < 1.29 is 17.9 Å². The first-order valence-corrected chi connectivity index (χ1v) is 10.6. The number of amides is 1. The number of benzene rings is 2. The van der Waals surface area contributed by atoms with Gasteiger partial charge in [-0.1, -0.05) is 24.3 Å². The topological polar surface area (TPSA) is 75.7 Å². The van der Waals surface area contributed by atoms with Gasteiger partial charge in [0.25, 0.3) is 0 Å². The molecule has 6 nitrogen and oxygen atoms in total. The van der Waals surface area contributed by atoms with Crippen LogP contribution in [0.1, 0.15) is 6.42 Å². The van der Waals surface area contributed by atoms with Gasteiger partial charge in [-0.2, -0.15) is 0 Å². The summed E-state index contributed by atoms with van der Waals surface area (Å²) in [7, 11) is -3.82. The number of hydrogen-bond acceptors (Lipinski definition) is 4. The van der Waals surface area contributed by atoms with Crippen molar-refractivity contribution in [3.63, 3.8) is 0 Å².